The molecule has 0 spiro atoms. The van der Waals surface area contributed by atoms with E-state index in [2.05, 4.69) is 0 Å². The number of nitrogens with zero attached hydrogens (tertiary/aromatic N) is 3. The quantitative estimate of drug-likeness (QED) is 0.590. The highest BCUT2D eigenvalue weighted by Gasteiger charge is 2.37. The van der Waals surface area contributed by atoms with Gasteiger partial charge in [-0.05, 0) is 18.2 Å². The lowest BCUT2D eigenvalue weighted by Crippen LogP contribution is -2.47. The molecular formula is C17H17F3N4O4S. The molecular weight excluding hydrogens is 413 g/mol. The van der Waals surface area contributed by atoms with Crippen LogP contribution < -0.4 is 14.9 Å². The van der Waals surface area contributed by atoms with E-state index in [-0.39, 0.29) is 36.8 Å². The maximum absolute atomic E-state index is 13.4. The van der Waals surface area contributed by atoms with Crippen LogP contribution in [0.1, 0.15) is 5.56 Å². The number of sulfonamides is 1. The summed E-state index contributed by atoms with van der Waals surface area (Å²) in [4.78, 5) is 13.1. The van der Waals surface area contributed by atoms with Crippen molar-refractivity contribution in [3.8, 4) is 0 Å². The fourth-order valence-electron chi connectivity index (χ4n) is 3.29. The molecule has 156 valence electrons. The molecule has 1 fully saturated rings. The molecule has 0 radical (unpaired) electrons. The summed E-state index contributed by atoms with van der Waals surface area (Å²) in [6.07, 6.45) is -4.75. The fourth-order valence-corrected chi connectivity index (χ4v) is 4.04. The molecule has 0 saturated carbocycles. The van der Waals surface area contributed by atoms with Gasteiger partial charge >= 0.3 is 6.18 Å². The van der Waals surface area contributed by atoms with Gasteiger partial charge in [0.25, 0.3) is 5.69 Å². The number of nitro benzene ring substituents is 1. The summed E-state index contributed by atoms with van der Waals surface area (Å²) >= 11 is 0. The number of para-hydroxylation sites is 1. The minimum absolute atomic E-state index is 0.0558. The van der Waals surface area contributed by atoms with Gasteiger partial charge in [-0.1, -0.05) is 12.1 Å². The van der Waals surface area contributed by atoms with Crippen LogP contribution in [0.3, 0.4) is 0 Å². The van der Waals surface area contributed by atoms with E-state index in [1.165, 1.54) is 17.0 Å². The summed E-state index contributed by atoms with van der Waals surface area (Å²) in [6, 6.07) is 8.79. The minimum atomic E-state index is -4.75. The molecule has 3 rings (SSSR count). The van der Waals surface area contributed by atoms with Gasteiger partial charge in [-0.25, -0.2) is 13.6 Å². The van der Waals surface area contributed by atoms with Crippen LogP contribution in [0, 0.1) is 10.1 Å². The first kappa shape index (κ1) is 20.9. The van der Waals surface area contributed by atoms with Crippen molar-refractivity contribution in [2.75, 3.05) is 36.0 Å². The van der Waals surface area contributed by atoms with Gasteiger partial charge in [-0.15, -0.1) is 0 Å². The van der Waals surface area contributed by atoms with E-state index in [9.17, 15) is 31.7 Å². The smallest absolute Gasteiger partial charge is 0.367 e. The number of primary sulfonamides is 1. The van der Waals surface area contributed by atoms with Crippen LogP contribution in [-0.4, -0.2) is 39.5 Å². The van der Waals surface area contributed by atoms with Crippen molar-refractivity contribution in [1.29, 1.82) is 0 Å². The maximum Gasteiger partial charge on any atom is 0.418 e. The molecule has 2 aromatic carbocycles. The molecule has 1 aliphatic rings. The third-order valence-electron chi connectivity index (χ3n) is 4.63. The van der Waals surface area contributed by atoms with E-state index >= 15 is 0 Å². The molecule has 1 aliphatic heterocycles. The molecule has 0 atom stereocenters. The van der Waals surface area contributed by atoms with Gasteiger partial charge in [0.05, 0.1) is 16.2 Å². The molecule has 8 nitrogen and oxygen atoms in total. The van der Waals surface area contributed by atoms with Crippen LogP contribution in [0.2, 0.25) is 0 Å². The molecule has 0 unspecified atom stereocenters. The fraction of sp³-hybridized carbons (Fsp3) is 0.294. The van der Waals surface area contributed by atoms with E-state index in [1.807, 2.05) is 0 Å². The second-order valence-electron chi connectivity index (χ2n) is 6.44. The predicted molar refractivity (Wildman–Crippen MR) is 100 cm³/mol. The summed E-state index contributed by atoms with van der Waals surface area (Å²) in [5.74, 6) is 0. The Balaban J connectivity index is 1.86. The Morgan fingerprint density at radius 1 is 0.966 bits per heavy atom. The van der Waals surface area contributed by atoms with E-state index in [0.717, 1.165) is 12.1 Å². The Kier molecular flexibility index (Phi) is 5.41. The van der Waals surface area contributed by atoms with Gasteiger partial charge in [-0.2, -0.15) is 13.2 Å². The molecule has 0 bridgehead atoms. The van der Waals surface area contributed by atoms with Gasteiger partial charge in [0, 0.05) is 44.0 Å². The third-order valence-corrected chi connectivity index (χ3v) is 5.59. The first-order valence-electron chi connectivity index (χ1n) is 8.46. The number of rotatable bonds is 4. The van der Waals surface area contributed by atoms with Crippen molar-refractivity contribution in [2.45, 2.75) is 11.1 Å². The number of anilines is 2. The van der Waals surface area contributed by atoms with Crippen molar-refractivity contribution in [3.05, 3.63) is 58.1 Å². The number of benzene rings is 2. The van der Waals surface area contributed by atoms with Gasteiger partial charge in [-0.3, -0.25) is 10.1 Å². The monoisotopic (exact) mass is 430 g/mol. The predicted octanol–water partition coefficient (Wildman–Crippen LogP) is 2.59. The van der Waals surface area contributed by atoms with E-state index < -0.39 is 32.4 Å². The largest absolute Gasteiger partial charge is 0.418 e. The maximum atomic E-state index is 13.4. The Bertz CT molecular complexity index is 1040. The molecule has 2 aromatic rings. The van der Waals surface area contributed by atoms with Crippen LogP contribution in [0.5, 0.6) is 0 Å². The number of hydrogen-bond donors (Lipinski definition) is 1. The summed E-state index contributed by atoms with van der Waals surface area (Å²) in [7, 11) is -3.96. The van der Waals surface area contributed by atoms with Crippen molar-refractivity contribution in [2.24, 2.45) is 5.14 Å². The van der Waals surface area contributed by atoms with Gasteiger partial charge in [0.2, 0.25) is 10.0 Å². The standard InChI is InChI=1S/C17H17F3N4O4S/c18-17(19,20)13-11-12(24(25)26)5-6-14(13)22-7-9-23(10-8-22)15-3-1-2-4-16(15)29(21,27)28/h1-6,11H,7-10H2,(H2,21,27,28). The highest BCUT2D eigenvalue weighted by Crippen LogP contribution is 2.39. The first-order chi connectivity index (χ1) is 13.5. The molecule has 0 aliphatic carbocycles. The van der Waals surface area contributed by atoms with Crippen LogP contribution in [0.15, 0.2) is 47.4 Å². The Morgan fingerprint density at radius 2 is 1.52 bits per heavy atom. The molecule has 1 heterocycles. The van der Waals surface area contributed by atoms with Crippen molar-refractivity contribution in [1.82, 2.24) is 0 Å². The molecule has 0 amide bonds. The summed E-state index contributed by atoms with van der Waals surface area (Å²) < 4.78 is 63.9. The number of hydrogen-bond acceptors (Lipinski definition) is 6. The van der Waals surface area contributed by atoms with Gasteiger partial charge in [0.15, 0.2) is 0 Å². The van der Waals surface area contributed by atoms with Crippen molar-refractivity contribution < 1.29 is 26.5 Å². The summed E-state index contributed by atoms with van der Waals surface area (Å²) in [5.41, 5.74) is -1.48. The zero-order valence-corrected chi connectivity index (χ0v) is 15.8. The number of nitrogens with two attached hydrogens (primary N) is 1. The molecule has 2 N–H and O–H groups in total. The van der Waals surface area contributed by atoms with Crippen molar-refractivity contribution >= 4 is 27.1 Å². The Labute approximate surface area is 164 Å². The highest BCUT2D eigenvalue weighted by atomic mass is 32.2. The Hall–Kier alpha value is -2.86. The minimum Gasteiger partial charge on any atom is -0.367 e. The van der Waals surface area contributed by atoms with Crippen LogP contribution in [0.25, 0.3) is 0 Å². The van der Waals surface area contributed by atoms with Crippen molar-refractivity contribution in [3.63, 3.8) is 0 Å². The normalized spacial score (nSPS) is 15.4. The zero-order valence-electron chi connectivity index (χ0n) is 15.0. The summed E-state index contributed by atoms with van der Waals surface area (Å²) in [6.45, 7) is 0.835. The molecule has 12 heteroatoms. The van der Waals surface area contributed by atoms with E-state index in [4.69, 9.17) is 5.14 Å². The second kappa shape index (κ2) is 7.52. The second-order valence-corrected chi connectivity index (χ2v) is 7.97. The molecule has 29 heavy (non-hydrogen) atoms. The molecule has 1 saturated heterocycles. The third kappa shape index (κ3) is 4.43. The van der Waals surface area contributed by atoms with Crippen LogP contribution in [0.4, 0.5) is 30.2 Å². The number of non-ortho nitro benzene ring substituents is 1. The number of alkyl halides is 3. The number of halogens is 3. The zero-order chi connectivity index (χ0) is 21.4. The highest BCUT2D eigenvalue weighted by molar-refractivity contribution is 7.89. The lowest BCUT2D eigenvalue weighted by atomic mass is 10.1. The number of piperazine rings is 1. The van der Waals surface area contributed by atoms with E-state index in [1.54, 1.807) is 17.0 Å². The van der Waals surface area contributed by atoms with E-state index in [0.29, 0.717) is 11.8 Å². The Morgan fingerprint density at radius 3 is 2.03 bits per heavy atom. The lowest BCUT2D eigenvalue weighted by molar-refractivity contribution is -0.385. The van der Waals surface area contributed by atoms with Gasteiger partial charge in [0.1, 0.15) is 4.90 Å². The lowest BCUT2D eigenvalue weighted by Gasteiger charge is -2.38. The average molecular weight is 430 g/mol. The van der Waals surface area contributed by atoms with Crippen LogP contribution in [-0.2, 0) is 16.2 Å². The number of nitro groups is 1. The first-order valence-corrected chi connectivity index (χ1v) is 10.0. The topological polar surface area (TPSA) is 110 Å². The van der Waals surface area contributed by atoms with Gasteiger partial charge < -0.3 is 9.80 Å². The SMILES string of the molecule is NS(=O)(=O)c1ccccc1N1CCN(c2ccc([N+](=O)[O-])cc2C(F)(F)F)CC1. The van der Waals surface area contributed by atoms with Crippen LogP contribution >= 0.6 is 0 Å². The molecule has 0 aromatic heterocycles. The average Bonchev–Trinajstić information content (AvgIpc) is 2.66. The summed E-state index contributed by atoms with van der Waals surface area (Å²) in [5, 5.41) is 16.1.